The standard InChI is InChI=1S/C25H33ClN4O3/c1-3-33-15-7-12-27-24(31)21-16-19(10-11-23(21)30-13-5-4-6-14-30)28-25(32)29-20-9-8-18(2)22(26)17-20/h8-11,16-17H,3-7,12-15H2,1-2H3,(H,27,31)(H2,28,29,32). The van der Waals surface area contributed by atoms with Gasteiger partial charge in [-0.1, -0.05) is 17.7 Å². The van der Waals surface area contributed by atoms with Crippen molar-refractivity contribution >= 4 is 40.6 Å². The van der Waals surface area contributed by atoms with Crippen molar-refractivity contribution in [3.63, 3.8) is 0 Å². The number of carbonyl (C=O) groups is 2. The number of hydrogen-bond donors (Lipinski definition) is 3. The summed E-state index contributed by atoms with van der Waals surface area (Å²) in [6.07, 6.45) is 4.17. The maximum atomic E-state index is 13.0. The number of piperidine rings is 1. The summed E-state index contributed by atoms with van der Waals surface area (Å²) in [5.74, 6) is -0.151. The van der Waals surface area contributed by atoms with Crippen LogP contribution >= 0.6 is 11.6 Å². The summed E-state index contributed by atoms with van der Waals surface area (Å²) in [6, 6.07) is 10.4. The average molecular weight is 473 g/mol. The van der Waals surface area contributed by atoms with E-state index < -0.39 is 6.03 Å². The fourth-order valence-corrected chi connectivity index (χ4v) is 3.97. The van der Waals surface area contributed by atoms with Crippen molar-refractivity contribution in [2.24, 2.45) is 0 Å². The predicted molar refractivity (Wildman–Crippen MR) is 135 cm³/mol. The monoisotopic (exact) mass is 472 g/mol. The molecule has 0 bridgehead atoms. The van der Waals surface area contributed by atoms with Gasteiger partial charge in [0.05, 0.1) is 5.56 Å². The van der Waals surface area contributed by atoms with Gasteiger partial charge in [0, 0.05) is 54.9 Å². The highest BCUT2D eigenvalue weighted by Gasteiger charge is 2.19. The average Bonchev–Trinajstić information content (AvgIpc) is 2.81. The van der Waals surface area contributed by atoms with Crippen molar-refractivity contribution in [1.29, 1.82) is 0 Å². The van der Waals surface area contributed by atoms with Gasteiger partial charge in [-0.05, 0) is 75.4 Å². The summed E-state index contributed by atoms with van der Waals surface area (Å²) in [5, 5.41) is 9.17. The molecule has 1 fully saturated rings. The molecule has 0 radical (unpaired) electrons. The van der Waals surface area contributed by atoms with Crippen LogP contribution in [-0.4, -0.2) is 44.8 Å². The highest BCUT2D eigenvalue weighted by molar-refractivity contribution is 6.31. The highest BCUT2D eigenvalue weighted by Crippen LogP contribution is 2.27. The van der Waals surface area contributed by atoms with E-state index in [-0.39, 0.29) is 5.91 Å². The van der Waals surface area contributed by atoms with Crippen LogP contribution in [0.4, 0.5) is 21.9 Å². The fraction of sp³-hybridized carbons (Fsp3) is 0.440. The molecule has 3 rings (SSSR count). The minimum Gasteiger partial charge on any atom is -0.382 e. The molecule has 7 nitrogen and oxygen atoms in total. The smallest absolute Gasteiger partial charge is 0.323 e. The van der Waals surface area contributed by atoms with Gasteiger partial charge < -0.3 is 25.6 Å². The molecule has 3 N–H and O–H groups in total. The zero-order valence-corrected chi connectivity index (χ0v) is 20.1. The summed E-state index contributed by atoms with van der Waals surface area (Å²) in [5.41, 5.74) is 3.54. The van der Waals surface area contributed by atoms with Crippen LogP contribution in [-0.2, 0) is 4.74 Å². The first-order valence-corrected chi connectivity index (χ1v) is 11.9. The third-order valence-electron chi connectivity index (χ3n) is 5.58. The Kier molecular flexibility index (Phi) is 9.39. The van der Waals surface area contributed by atoms with E-state index >= 15 is 0 Å². The first-order valence-electron chi connectivity index (χ1n) is 11.6. The summed E-state index contributed by atoms with van der Waals surface area (Å²) in [7, 11) is 0. The SMILES string of the molecule is CCOCCCNC(=O)c1cc(NC(=O)Nc2ccc(C)c(Cl)c2)ccc1N1CCCCC1. The lowest BCUT2D eigenvalue weighted by molar-refractivity contribution is 0.0944. The molecule has 1 saturated heterocycles. The van der Waals surface area contributed by atoms with Gasteiger partial charge in [-0.2, -0.15) is 0 Å². The quantitative estimate of drug-likeness (QED) is 0.424. The van der Waals surface area contributed by atoms with Gasteiger partial charge in [0.15, 0.2) is 0 Å². The molecule has 2 aromatic carbocycles. The number of rotatable bonds is 9. The number of ether oxygens (including phenoxy) is 1. The number of hydrogen-bond acceptors (Lipinski definition) is 4. The maximum Gasteiger partial charge on any atom is 0.323 e. The van der Waals surface area contributed by atoms with Gasteiger partial charge in [0.2, 0.25) is 0 Å². The molecule has 0 aromatic heterocycles. The molecule has 0 unspecified atom stereocenters. The first-order chi connectivity index (χ1) is 16.0. The van der Waals surface area contributed by atoms with Gasteiger partial charge >= 0.3 is 6.03 Å². The number of benzene rings is 2. The second kappa shape index (κ2) is 12.5. The maximum absolute atomic E-state index is 13.0. The summed E-state index contributed by atoms with van der Waals surface area (Å²) >= 11 is 6.15. The van der Waals surface area contributed by atoms with Crippen molar-refractivity contribution in [3.05, 3.63) is 52.5 Å². The second-order valence-electron chi connectivity index (χ2n) is 8.13. The topological polar surface area (TPSA) is 82.7 Å². The molecule has 1 aliphatic heterocycles. The number of amides is 3. The predicted octanol–water partition coefficient (Wildman–Crippen LogP) is 5.44. The van der Waals surface area contributed by atoms with Crippen LogP contribution in [0.1, 0.15) is 48.5 Å². The third kappa shape index (κ3) is 7.37. The molecule has 1 aliphatic rings. The molecule has 1 heterocycles. The van der Waals surface area contributed by atoms with E-state index in [2.05, 4.69) is 20.9 Å². The van der Waals surface area contributed by atoms with E-state index in [0.29, 0.717) is 41.7 Å². The molecule has 2 aromatic rings. The highest BCUT2D eigenvalue weighted by atomic mass is 35.5. The molecule has 0 atom stereocenters. The lowest BCUT2D eigenvalue weighted by atomic mass is 10.1. The van der Waals surface area contributed by atoms with E-state index in [1.54, 1.807) is 18.2 Å². The Labute approximate surface area is 200 Å². The number of halogens is 1. The van der Waals surface area contributed by atoms with E-state index in [4.69, 9.17) is 16.3 Å². The lowest BCUT2D eigenvalue weighted by Gasteiger charge is -2.30. The molecule has 178 valence electrons. The Bertz CT molecular complexity index is 961. The van der Waals surface area contributed by atoms with Crippen LogP contribution < -0.4 is 20.9 Å². The fourth-order valence-electron chi connectivity index (χ4n) is 3.79. The normalized spacial score (nSPS) is 13.5. The lowest BCUT2D eigenvalue weighted by Crippen LogP contribution is -2.33. The largest absolute Gasteiger partial charge is 0.382 e. The summed E-state index contributed by atoms with van der Waals surface area (Å²) < 4.78 is 5.34. The Morgan fingerprint density at radius 2 is 1.73 bits per heavy atom. The van der Waals surface area contributed by atoms with E-state index in [1.807, 2.05) is 32.0 Å². The molecular formula is C25H33ClN4O3. The number of anilines is 3. The first kappa shape index (κ1) is 24.9. The van der Waals surface area contributed by atoms with Gasteiger partial charge in [-0.15, -0.1) is 0 Å². The van der Waals surface area contributed by atoms with Crippen molar-refractivity contribution < 1.29 is 14.3 Å². The molecular weight excluding hydrogens is 440 g/mol. The zero-order valence-electron chi connectivity index (χ0n) is 19.4. The molecule has 0 spiro atoms. The van der Waals surface area contributed by atoms with E-state index in [0.717, 1.165) is 43.6 Å². The van der Waals surface area contributed by atoms with Gasteiger partial charge in [-0.3, -0.25) is 4.79 Å². The summed E-state index contributed by atoms with van der Waals surface area (Å²) in [6.45, 7) is 7.51. The molecule has 0 saturated carbocycles. The number of urea groups is 1. The van der Waals surface area contributed by atoms with Crippen LogP contribution in [0.3, 0.4) is 0 Å². The van der Waals surface area contributed by atoms with Crippen LogP contribution in [0.5, 0.6) is 0 Å². The Hall–Kier alpha value is -2.77. The Morgan fingerprint density at radius 3 is 2.42 bits per heavy atom. The summed E-state index contributed by atoms with van der Waals surface area (Å²) in [4.78, 5) is 27.8. The van der Waals surface area contributed by atoms with Gasteiger partial charge in [-0.25, -0.2) is 4.79 Å². The van der Waals surface area contributed by atoms with E-state index in [9.17, 15) is 9.59 Å². The zero-order chi connectivity index (χ0) is 23.6. The minimum absolute atomic E-state index is 0.151. The van der Waals surface area contributed by atoms with Crippen LogP contribution in [0.2, 0.25) is 5.02 Å². The number of aryl methyl sites for hydroxylation is 1. The number of nitrogens with one attached hydrogen (secondary N) is 3. The molecule has 33 heavy (non-hydrogen) atoms. The van der Waals surface area contributed by atoms with Crippen molar-refractivity contribution in [2.75, 3.05) is 48.4 Å². The number of carbonyl (C=O) groups excluding carboxylic acids is 2. The Balaban J connectivity index is 1.72. The number of nitrogens with zero attached hydrogens (tertiary/aromatic N) is 1. The van der Waals surface area contributed by atoms with Crippen molar-refractivity contribution in [3.8, 4) is 0 Å². The molecule has 8 heteroatoms. The van der Waals surface area contributed by atoms with E-state index in [1.165, 1.54) is 6.42 Å². The van der Waals surface area contributed by atoms with Crippen LogP contribution in [0.15, 0.2) is 36.4 Å². The third-order valence-corrected chi connectivity index (χ3v) is 5.99. The van der Waals surface area contributed by atoms with Crippen molar-refractivity contribution in [2.45, 2.75) is 39.5 Å². The molecule has 3 amide bonds. The minimum atomic E-state index is -0.399. The van der Waals surface area contributed by atoms with Crippen LogP contribution in [0, 0.1) is 6.92 Å². The van der Waals surface area contributed by atoms with Crippen molar-refractivity contribution in [1.82, 2.24) is 5.32 Å². The van der Waals surface area contributed by atoms with Gasteiger partial charge in [0.25, 0.3) is 5.91 Å². The molecule has 0 aliphatic carbocycles. The van der Waals surface area contributed by atoms with Crippen LogP contribution in [0.25, 0.3) is 0 Å². The van der Waals surface area contributed by atoms with Gasteiger partial charge in [0.1, 0.15) is 0 Å². The second-order valence-corrected chi connectivity index (χ2v) is 8.54. The Morgan fingerprint density at radius 1 is 1.03 bits per heavy atom.